The quantitative estimate of drug-likeness (QED) is 0.837. The van der Waals surface area contributed by atoms with Crippen molar-refractivity contribution in [2.24, 2.45) is 0 Å². The van der Waals surface area contributed by atoms with Gasteiger partial charge in [0.05, 0.1) is 11.2 Å². The van der Waals surface area contributed by atoms with Gasteiger partial charge in [0.2, 0.25) is 0 Å². The Labute approximate surface area is 114 Å². The molecule has 1 saturated heterocycles. The lowest BCUT2D eigenvalue weighted by Crippen LogP contribution is -2.56. The molecule has 4 heteroatoms. The van der Waals surface area contributed by atoms with Crippen LogP contribution in [0.4, 0.5) is 10.1 Å². The first-order valence-electron chi connectivity index (χ1n) is 6.63. The van der Waals surface area contributed by atoms with E-state index in [0.717, 1.165) is 18.7 Å². The lowest BCUT2D eigenvalue weighted by atomic mass is 9.98. The maximum Gasteiger partial charge on any atom is 0.123 e. The number of ether oxygens (including phenoxy) is 1. The highest BCUT2D eigenvalue weighted by molar-refractivity contribution is 5.46. The fourth-order valence-corrected chi connectivity index (χ4v) is 3.01. The van der Waals surface area contributed by atoms with E-state index in [0.29, 0.717) is 12.2 Å². The Kier molecular flexibility index (Phi) is 3.58. The second-order valence-corrected chi connectivity index (χ2v) is 6.61. The van der Waals surface area contributed by atoms with E-state index < -0.39 is 0 Å². The Morgan fingerprint density at radius 3 is 2.37 bits per heavy atom. The minimum Gasteiger partial charge on any atom is -0.398 e. The van der Waals surface area contributed by atoms with Crippen molar-refractivity contribution in [3.05, 3.63) is 29.6 Å². The summed E-state index contributed by atoms with van der Waals surface area (Å²) in [7, 11) is 0. The number of anilines is 1. The zero-order valence-electron chi connectivity index (χ0n) is 12.2. The van der Waals surface area contributed by atoms with Crippen molar-refractivity contribution in [1.29, 1.82) is 0 Å². The molecule has 2 rings (SSSR count). The molecule has 3 nitrogen and oxygen atoms in total. The number of benzene rings is 1. The monoisotopic (exact) mass is 266 g/mol. The Balaban J connectivity index is 2.16. The number of hydrogen-bond acceptors (Lipinski definition) is 3. The van der Waals surface area contributed by atoms with Crippen LogP contribution in [-0.4, -0.2) is 29.2 Å². The number of hydrogen-bond donors (Lipinski definition) is 1. The Hall–Kier alpha value is -1.13. The van der Waals surface area contributed by atoms with E-state index in [9.17, 15) is 4.39 Å². The van der Waals surface area contributed by atoms with Crippen LogP contribution in [0.5, 0.6) is 0 Å². The summed E-state index contributed by atoms with van der Waals surface area (Å²) in [5.41, 5.74) is 6.99. The molecule has 1 aliphatic heterocycles. The smallest absolute Gasteiger partial charge is 0.123 e. The first kappa shape index (κ1) is 14.3. The lowest BCUT2D eigenvalue weighted by Gasteiger charge is -2.47. The summed E-state index contributed by atoms with van der Waals surface area (Å²) in [6.45, 7) is 10.6. The van der Waals surface area contributed by atoms with Crippen molar-refractivity contribution in [3.63, 3.8) is 0 Å². The first-order chi connectivity index (χ1) is 8.67. The van der Waals surface area contributed by atoms with Gasteiger partial charge in [-0.15, -0.1) is 0 Å². The topological polar surface area (TPSA) is 38.5 Å². The molecule has 1 aromatic carbocycles. The third-order valence-electron chi connectivity index (χ3n) is 3.26. The fourth-order valence-electron chi connectivity index (χ4n) is 3.01. The van der Waals surface area contributed by atoms with Crippen LogP contribution in [-0.2, 0) is 11.3 Å². The zero-order valence-corrected chi connectivity index (χ0v) is 12.2. The van der Waals surface area contributed by atoms with Crippen LogP contribution in [0.3, 0.4) is 0 Å². The molecule has 0 spiro atoms. The molecule has 0 radical (unpaired) electrons. The molecule has 19 heavy (non-hydrogen) atoms. The summed E-state index contributed by atoms with van der Waals surface area (Å²) in [4.78, 5) is 2.27. The molecule has 0 unspecified atom stereocenters. The van der Waals surface area contributed by atoms with E-state index in [1.807, 2.05) is 0 Å². The highest BCUT2D eigenvalue weighted by Gasteiger charge is 2.38. The number of nitrogen functional groups attached to an aromatic ring is 1. The summed E-state index contributed by atoms with van der Waals surface area (Å²) < 4.78 is 19.3. The second kappa shape index (κ2) is 4.76. The van der Waals surface area contributed by atoms with Crippen molar-refractivity contribution in [2.75, 3.05) is 18.8 Å². The lowest BCUT2D eigenvalue weighted by molar-refractivity contribution is -0.182. The summed E-state index contributed by atoms with van der Waals surface area (Å²) in [5.74, 6) is -0.240. The summed E-state index contributed by atoms with van der Waals surface area (Å²) in [6, 6.07) is 4.54. The van der Waals surface area contributed by atoms with Gasteiger partial charge < -0.3 is 10.5 Å². The highest BCUT2D eigenvalue weighted by Crippen LogP contribution is 2.29. The van der Waals surface area contributed by atoms with Crippen LogP contribution < -0.4 is 5.73 Å². The molecule has 1 aliphatic rings. The van der Waals surface area contributed by atoms with E-state index in [2.05, 4.69) is 32.6 Å². The van der Waals surface area contributed by atoms with Gasteiger partial charge >= 0.3 is 0 Å². The van der Waals surface area contributed by atoms with Gasteiger partial charge in [-0.3, -0.25) is 4.90 Å². The predicted octanol–water partition coefficient (Wildman–Crippen LogP) is 2.80. The van der Waals surface area contributed by atoms with Crippen LogP contribution in [0.1, 0.15) is 33.3 Å². The van der Waals surface area contributed by atoms with Gasteiger partial charge in [0.1, 0.15) is 5.82 Å². The molecule has 0 saturated carbocycles. The van der Waals surface area contributed by atoms with Crippen LogP contribution >= 0.6 is 0 Å². The molecule has 0 bridgehead atoms. The fraction of sp³-hybridized carbons (Fsp3) is 0.600. The number of halogens is 1. The van der Waals surface area contributed by atoms with E-state index in [1.54, 1.807) is 6.07 Å². The maximum atomic E-state index is 13.3. The molecule has 0 atom stereocenters. The molecule has 106 valence electrons. The third-order valence-corrected chi connectivity index (χ3v) is 3.26. The number of nitrogens with zero attached hydrogens (tertiary/aromatic N) is 1. The van der Waals surface area contributed by atoms with Gasteiger partial charge in [-0.1, -0.05) is 0 Å². The van der Waals surface area contributed by atoms with Crippen LogP contribution in [0.15, 0.2) is 18.2 Å². The largest absolute Gasteiger partial charge is 0.398 e. The molecule has 0 aliphatic carbocycles. The number of morpholine rings is 1. The molecule has 0 aromatic heterocycles. The van der Waals surface area contributed by atoms with Crippen molar-refractivity contribution in [2.45, 2.75) is 45.4 Å². The maximum absolute atomic E-state index is 13.3. The summed E-state index contributed by atoms with van der Waals surface area (Å²) >= 11 is 0. The predicted molar refractivity (Wildman–Crippen MR) is 75.3 cm³/mol. The molecule has 1 aromatic rings. The normalized spacial score (nSPS) is 22.4. The highest BCUT2D eigenvalue weighted by atomic mass is 19.1. The molecule has 1 heterocycles. The molecule has 0 amide bonds. The molecule has 2 N–H and O–H groups in total. The van der Waals surface area contributed by atoms with E-state index >= 15 is 0 Å². The van der Waals surface area contributed by atoms with Gasteiger partial charge in [0, 0.05) is 25.3 Å². The SMILES string of the molecule is CC1(C)CN(Cc2cc(F)ccc2N)CC(C)(C)O1. The summed E-state index contributed by atoms with van der Waals surface area (Å²) in [5, 5.41) is 0. The van der Waals surface area contributed by atoms with Crippen LogP contribution in [0.2, 0.25) is 0 Å². The molecular weight excluding hydrogens is 243 g/mol. The van der Waals surface area contributed by atoms with E-state index in [-0.39, 0.29) is 17.0 Å². The summed E-state index contributed by atoms with van der Waals surface area (Å²) in [6.07, 6.45) is 0. The van der Waals surface area contributed by atoms with Crippen molar-refractivity contribution in [1.82, 2.24) is 4.90 Å². The second-order valence-electron chi connectivity index (χ2n) is 6.61. The Bertz CT molecular complexity index is 455. The van der Waals surface area contributed by atoms with E-state index in [4.69, 9.17) is 10.5 Å². The van der Waals surface area contributed by atoms with Gasteiger partial charge in [-0.05, 0) is 51.5 Å². The van der Waals surface area contributed by atoms with Crippen LogP contribution in [0.25, 0.3) is 0 Å². The molecular formula is C15H23FN2O. The minimum atomic E-state index is -0.240. The number of rotatable bonds is 2. The standard InChI is InChI=1S/C15H23FN2O/c1-14(2)9-18(10-15(3,4)19-14)8-11-7-12(16)5-6-13(11)17/h5-7H,8-10,17H2,1-4H3. The van der Waals surface area contributed by atoms with Gasteiger partial charge in [0.25, 0.3) is 0 Å². The first-order valence-corrected chi connectivity index (χ1v) is 6.63. The van der Waals surface area contributed by atoms with Gasteiger partial charge in [-0.25, -0.2) is 4.39 Å². The zero-order chi connectivity index (χ0) is 14.3. The van der Waals surface area contributed by atoms with Crippen molar-refractivity contribution < 1.29 is 9.13 Å². The van der Waals surface area contributed by atoms with Crippen molar-refractivity contribution >= 4 is 5.69 Å². The molecule has 1 fully saturated rings. The van der Waals surface area contributed by atoms with E-state index in [1.165, 1.54) is 12.1 Å². The van der Waals surface area contributed by atoms with Crippen molar-refractivity contribution in [3.8, 4) is 0 Å². The van der Waals surface area contributed by atoms with Crippen LogP contribution in [0, 0.1) is 5.82 Å². The van der Waals surface area contributed by atoms with Gasteiger partial charge in [-0.2, -0.15) is 0 Å². The Morgan fingerprint density at radius 2 is 1.79 bits per heavy atom. The average Bonchev–Trinajstić information content (AvgIpc) is 2.18. The van der Waals surface area contributed by atoms with Gasteiger partial charge in [0.15, 0.2) is 0 Å². The third kappa shape index (κ3) is 3.67. The average molecular weight is 266 g/mol. The minimum absolute atomic E-state index is 0.205. The Morgan fingerprint density at radius 1 is 1.21 bits per heavy atom. The number of nitrogens with two attached hydrogens (primary N) is 1.